The van der Waals surface area contributed by atoms with Crippen LogP contribution in [0.2, 0.25) is 0 Å². The maximum Gasteiger partial charge on any atom is 0.161 e. The molecule has 1 heterocycles. The van der Waals surface area contributed by atoms with Crippen molar-refractivity contribution in [1.82, 2.24) is 9.97 Å². The molecule has 0 unspecified atom stereocenters. The number of hydrogen-bond acceptors (Lipinski definition) is 6. The molecule has 6 heteroatoms. The number of nitrogens with zero attached hydrogens (tertiary/aromatic N) is 3. The van der Waals surface area contributed by atoms with E-state index in [1.807, 2.05) is 54.3 Å². The van der Waals surface area contributed by atoms with Gasteiger partial charge in [-0.3, -0.25) is 4.79 Å². The van der Waals surface area contributed by atoms with E-state index in [9.17, 15) is 4.79 Å². The number of benzene rings is 2. The molecule has 0 atom stereocenters. The minimum atomic E-state index is 0.0295. The Morgan fingerprint density at radius 2 is 1.77 bits per heavy atom. The van der Waals surface area contributed by atoms with Crippen molar-refractivity contribution in [1.29, 1.82) is 0 Å². The highest BCUT2D eigenvalue weighted by atomic mass is 16.1. The van der Waals surface area contributed by atoms with E-state index in [0.717, 1.165) is 17.9 Å². The highest BCUT2D eigenvalue weighted by Gasteiger charge is 2.15. The molecular formula is C20H21N5O. The topological polar surface area (TPSA) is 84.1 Å². The van der Waals surface area contributed by atoms with Gasteiger partial charge in [-0.25, -0.2) is 9.97 Å². The Morgan fingerprint density at radius 1 is 1.08 bits per heavy atom. The molecule has 3 N–H and O–H groups in total. The quantitative estimate of drug-likeness (QED) is 0.651. The lowest BCUT2D eigenvalue weighted by Gasteiger charge is -2.24. The van der Waals surface area contributed by atoms with Gasteiger partial charge in [0.05, 0.1) is 0 Å². The van der Waals surface area contributed by atoms with E-state index in [0.29, 0.717) is 22.9 Å². The second-order valence-electron chi connectivity index (χ2n) is 5.80. The number of carbonyl (C=O) groups excluding carboxylic acids is 1. The zero-order valence-corrected chi connectivity index (χ0v) is 14.8. The number of nitrogens with two attached hydrogens (primary N) is 1. The summed E-state index contributed by atoms with van der Waals surface area (Å²) in [6.07, 6.45) is 1.49. The van der Waals surface area contributed by atoms with Gasteiger partial charge in [-0.2, -0.15) is 0 Å². The molecule has 26 heavy (non-hydrogen) atoms. The molecule has 3 rings (SSSR count). The molecule has 6 nitrogen and oxygen atoms in total. The third-order valence-corrected chi connectivity index (χ3v) is 4.06. The molecule has 132 valence electrons. The van der Waals surface area contributed by atoms with Gasteiger partial charge in [0.25, 0.3) is 0 Å². The Hall–Kier alpha value is -3.41. The molecule has 0 fully saturated rings. The fourth-order valence-corrected chi connectivity index (χ4v) is 2.69. The molecule has 1 aromatic heterocycles. The molecule has 0 radical (unpaired) electrons. The van der Waals surface area contributed by atoms with Gasteiger partial charge in [0, 0.05) is 23.5 Å². The van der Waals surface area contributed by atoms with E-state index in [4.69, 9.17) is 5.73 Å². The van der Waals surface area contributed by atoms with Crippen LogP contribution in [0.5, 0.6) is 0 Å². The van der Waals surface area contributed by atoms with E-state index in [-0.39, 0.29) is 5.78 Å². The first kappa shape index (κ1) is 17.4. The van der Waals surface area contributed by atoms with Gasteiger partial charge < -0.3 is 16.0 Å². The van der Waals surface area contributed by atoms with Crippen molar-refractivity contribution in [3.05, 3.63) is 66.5 Å². The first-order valence-corrected chi connectivity index (χ1v) is 8.41. The molecule has 2 aromatic carbocycles. The van der Waals surface area contributed by atoms with Gasteiger partial charge >= 0.3 is 0 Å². The molecule has 0 aliphatic rings. The Bertz CT molecular complexity index is 894. The number of rotatable bonds is 6. The Morgan fingerprint density at radius 3 is 2.38 bits per heavy atom. The van der Waals surface area contributed by atoms with Gasteiger partial charge in [0.1, 0.15) is 12.0 Å². The van der Waals surface area contributed by atoms with Crippen molar-refractivity contribution >= 4 is 34.5 Å². The lowest BCUT2D eigenvalue weighted by Crippen LogP contribution is -2.19. The monoisotopic (exact) mass is 347 g/mol. The van der Waals surface area contributed by atoms with Crippen molar-refractivity contribution in [3.63, 3.8) is 0 Å². The Kier molecular flexibility index (Phi) is 5.12. The Balaban J connectivity index is 1.90. The third kappa shape index (κ3) is 3.64. The molecule has 0 bridgehead atoms. The van der Waals surface area contributed by atoms with Crippen LogP contribution < -0.4 is 16.0 Å². The summed E-state index contributed by atoms with van der Waals surface area (Å²) in [7, 11) is 0. The van der Waals surface area contributed by atoms with E-state index in [2.05, 4.69) is 15.3 Å². The SMILES string of the molecule is CCN(c1ccccc1)c1ncnc(Nc2ccc(C(C)=O)cc2)c1N. The Labute approximate surface area is 152 Å². The predicted octanol–water partition coefficient (Wildman–Crippen LogP) is 4.16. The lowest BCUT2D eigenvalue weighted by molar-refractivity contribution is 0.101. The normalized spacial score (nSPS) is 10.4. The summed E-state index contributed by atoms with van der Waals surface area (Å²) < 4.78 is 0. The summed E-state index contributed by atoms with van der Waals surface area (Å²) >= 11 is 0. The zero-order valence-electron chi connectivity index (χ0n) is 14.8. The first-order chi connectivity index (χ1) is 12.6. The summed E-state index contributed by atoms with van der Waals surface area (Å²) in [5.41, 5.74) is 9.28. The summed E-state index contributed by atoms with van der Waals surface area (Å²) in [6, 6.07) is 17.1. The molecule has 0 aliphatic heterocycles. The van der Waals surface area contributed by atoms with Crippen molar-refractivity contribution in [2.24, 2.45) is 0 Å². The van der Waals surface area contributed by atoms with E-state index < -0.39 is 0 Å². The highest BCUT2D eigenvalue weighted by molar-refractivity contribution is 5.94. The molecule has 3 aromatic rings. The van der Waals surface area contributed by atoms with Crippen LogP contribution in [-0.4, -0.2) is 22.3 Å². The summed E-state index contributed by atoms with van der Waals surface area (Å²) in [6.45, 7) is 4.31. The maximum absolute atomic E-state index is 11.4. The van der Waals surface area contributed by atoms with Crippen LogP contribution >= 0.6 is 0 Å². The van der Waals surface area contributed by atoms with Crippen molar-refractivity contribution in [2.45, 2.75) is 13.8 Å². The fraction of sp³-hybridized carbons (Fsp3) is 0.150. The van der Waals surface area contributed by atoms with Crippen LogP contribution in [0, 0.1) is 0 Å². The van der Waals surface area contributed by atoms with Crippen LogP contribution in [0.15, 0.2) is 60.9 Å². The number of aromatic nitrogens is 2. The van der Waals surface area contributed by atoms with Gasteiger partial charge in [-0.05, 0) is 50.2 Å². The van der Waals surface area contributed by atoms with Gasteiger partial charge in [0.2, 0.25) is 0 Å². The third-order valence-electron chi connectivity index (χ3n) is 4.06. The molecule has 0 saturated carbocycles. The predicted molar refractivity (Wildman–Crippen MR) is 105 cm³/mol. The lowest BCUT2D eigenvalue weighted by atomic mass is 10.1. The first-order valence-electron chi connectivity index (χ1n) is 8.41. The second-order valence-corrected chi connectivity index (χ2v) is 5.80. The van der Waals surface area contributed by atoms with Crippen LogP contribution in [-0.2, 0) is 0 Å². The van der Waals surface area contributed by atoms with Crippen molar-refractivity contribution < 1.29 is 4.79 Å². The van der Waals surface area contributed by atoms with Crippen LogP contribution in [0.3, 0.4) is 0 Å². The largest absolute Gasteiger partial charge is 0.393 e. The highest BCUT2D eigenvalue weighted by Crippen LogP contribution is 2.32. The van der Waals surface area contributed by atoms with Gasteiger partial charge in [0.15, 0.2) is 17.4 Å². The van der Waals surface area contributed by atoms with E-state index in [1.54, 1.807) is 19.1 Å². The average molecular weight is 347 g/mol. The minimum Gasteiger partial charge on any atom is -0.393 e. The number of nitrogens with one attached hydrogen (secondary N) is 1. The molecule has 0 saturated heterocycles. The standard InChI is InChI=1S/C20H21N5O/c1-3-25(17-7-5-4-6-8-17)20-18(21)19(22-13-23-20)24-16-11-9-15(10-12-16)14(2)26/h4-13H,3,21H2,1-2H3,(H,22,23,24). The summed E-state index contributed by atoms with van der Waals surface area (Å²) in [5.74, 6) is 1.21. The number of para-hydroxylation sites is 1. The van der Waals surface area contributed by atoms with Gasteiger partial charge in [-0.1, -0.05) is 18.2 Å². The van der Waals surface area contributed by atoms with Crippen LogP contribution in [0.4, 0.5) is 28.7 Å². The molecule has 0 amide bonds. The number of carbonyl (C=O) groups is 1. The fourth-order valence-electron chi connectivity index (χ4n) is 2.69. The van der Waals surface area contributed by atoms with Gasteiger partial charge in [-0.15, -0.1) is 0 Å². The minimum absolute atomic E-state index is 0.0295. The second kappa shape index (κ2) is 7.65. The molecule has 0 spiro atoms. The van der Waals surface area contributed by atoms with Crippen molar-refractivity contribution in [2.75, 3.05) is 22.5 Å². The molecule has 0 aliphatic carbocycles. The molecular weight excluding hydrogens is 326 g/mol. The van der Waals surface area contributed by atoms with Crippen LogP contribution in [0.1, 0.15) is 24.2 Å². The van der Waals surface area contributed by atoms with Crippen LogP contribution in [0.25, 0.3) is 0 Å². The summed E-state index contributed by atoms with van der Waals surface area (Å²) in [4.78, 5) is 22.1. The average Bonchev–Trinajstić information content (AvgIpc) is 2.66. The number of nitrogen functional groups attached to an aromatic ring is 1. The van der Waals surface area contributed by atoms with E-state index in [1.165, 1.54) is 6.33 Å². The number of anilines is 5. The number of ketones is 1. The number of Topliss-reactive ketones (excluding diaryl/α,β-unsaturated/α-hetero) is 1. The summed E-state index contributed by atoms with van der Waals surface area (Å²) in [5, 5.41) is 3.20. The number of hydrogen-bond donors (Lipinski definition) is 2. The zero-order chi connectivity index (χ0) is 18.5. The van der Waals surface area contributed by atoms with Crippen molar-refractivity contribution in [3.8, 4) is 0 Å². The smallest absolute Gasteiger partial charge is 0.161 e. The maximum atomic E-state index is 11.4. The van der Waals surface area contributed by atoms with E-state index >= 15 is 0 Å².